The van der Waals surface area contributed by atoms with Gasteiger partial charge in [0.25, 0.3) is 11.2 Å². The molecule has 0 N–H and O–H groups in total. The number of halogens is 6. The van der Waals surface area contributed by atoms with Gasteiger partial charge in [0.1, 0.15) is 6.10 Å². The molecule has 2 aromatic carbocycles. The van der Waals surface area contributed by atoms with Crippen molar-refractivity contribution in [3.8, 4) is 0 Å². The van der Waals surface area contributed by atoms with Gasteiger partial charge in [0.2, 0.25) is 0 Å². The van der Waals surface area contributed by atoms with Crippen molar-refractivity contribution in [2.24, 2.45) is 0 Å². The lowest BCUT2D eigenvalue weighted by Gasteiger charge is -2.34. The number of hydrogen-bond donors (Lipinski definition) is 0. The molecule has 0 amide bonds. The van der Waals surface area contributed by atoms with Crippen molar-refractivity contribution >= 4 is 11.9 Å². The van der Waals surface area contributed by atoms with Gasteiger partial charge < -0.3 is 18.9 Å². The standard InChI is InChI=1S/C29H34F6O6/c1-4-5-8-18-23(41-25(37)27(39-3,29(33,34)35)22-16-11-7-12-17-22)19-13-20-40-24(36)26(38-2,28(30,31)32)21-14-9-6-10-15-21/h6-7,9-12,14-17,23H,4-5,8,13,18-20H2,1-3H3/t23-,26?,27?/m0/s1. The zero-order valence-electron chi connectivity index (χ0n) is 23.0. The number of unbranched alkanes of at least 4 members (excludes halogenated alkanes) is 2. The van der Waals surface area contributed by atoms with E-state index in [0.717, 1.165) is 44.9 Å². The molecule has 41 heavy (non-hydrogen) atoms. The van der Waals surface area contributed by atoms with E-state index >= 15 is 0 Å². The average molecular weight is 593 g/mol. The number of ether oxygens (including phenoxy) is 4. The van der Waals surface area contributed by atoms with Crippen LogP contribution < -0.4 is 0 Å². The number of methoxy groups -OCH3 is 2. The summed E-state index contributed by atoms with van der Waals surface area (Å²) in [6.45, 7) is 1.38. The van der Waals surface area contributed by atoms with Crippen molar-refractivity contribution in [1.82, 2.24) is 0 Å². The summed E-state index contributed by atoms with van der Waals surface area (Å²) in [6, 6.07) is 12.6. The van der Waals surface area contributed by atoms with Gasteiger partial charge in [-0.1, -0.05) is 80.4 Å². The lowest BCUT2D eigenvalue weighted by molar-refractivity contribution is -0.279. The van der Waals surface area contributed by atoms with Crippen LogP contribution in [0.4, 0.5) is 26.3 Å². The van der Waals surface area contributed by atoms with E-state index in [4.69, 9.17) is 14.2 Å². The highest BCUT2D eigenvalue weighted by molar-refractivity contribution is 5.83. The first-order valence-corrected chi connectivity index (χ1v) is 13.0. The van der Waals surface area contributed by atoms with E-state index in [9.17, 15) is 35.9 Å². The Morgan fingerprint density at radius 3 is 1.54 bits per heavy atom. The van der Waals surface area contributed by atoms with Crippen LogP contribution in [0.15, 0.2) is 60.7 Å². The normalized spacial score (nSPS) is 15.8. The first-order chi connectivity index (χ1) is 19.3. The van der Waals surface area contributed by atoms with Crippen LogP contribution in [0.25, 0.3) is 0 Å². The van der Waals surface area contributed by atoms with Crippen LogP contribution in [0, 0.1) is 0 Å². The molecule has 2 rings (SSSR count). The van der Waals surface area contributed by atoms with Gasteiger partial charge >= 0.3 is 24.3 Å². The van der Waals surface area contributed by atoms with Crippen molar-refractivity contribution in [1.29, 1.82) is 0 Å². The van der Waals surface area contributed by atoms with Crippen LogP contribution in [0.1, 0.15) is 56.6 Å². The number of carbonyl (C=O) groups is 2. The summed E-state index contributed by atoms with van der Waals surface area (Å²) in [4.78, 5) is 25.8. The van der Waals surface area contributed by atoms with E-state index in [0.29, 0.717) is 12.8 Å². The first kappa shape index (κ1) is 34.1. The predicted molar refractivity (Wildman–Crippen MR) is 137 cm³/mol. The zero-order chi connectivity index (χ0) is 30.7. The summed E-state index contributed by atoms with van der Waals surface area (Å²) in [5.74, 6) is -3.37. The molecule has 0 spiro atoms. The topological polar surface area (TPSA) is 71.1 Å². The third kappa shape index (κ3) is 7.59. The fourth-order valence-corrected chi connectivity index (χ4v) is 4.47. The van der Waals surface area contributed by atoms with Crippen LogP contribution >= 0.6 is 0 Å². The molecule has 0 saturated heterocycles. The van der Waals surface area contributed by atoms with E-state index in [-0.39, 0.29) is 19.3 Å². The predicted octanol–water partition coefficient (Wildman–Crippen LogP) is 7.01. The lowest BCUT2D eigenvalue weighted by atomic mass is 9.92. The van der Waals surface area contributed by atoms with Gasteiger partial charge in [0.15, 0.2) is 0 Å². The maximum Gasteiger partial charge on any atom is 0.432 e. The monoisotopic (exact) mass is 592 g/mol. The molecule has 0 radical (unpaired) electrons. The number of benzene rings is 2. The highest BCUT2D eigenvalue weighted by atomic mass is 19.4. The molecule has 0 saturated carbocycles. The summed E-state index contributed by atoms with van der Waals surface area (Å²) in [6.07, 6.45) is -9.35. The zero-order valence-corrected chi connectivity index (χ0v) is 23.0. The molecule has 6 nitrogen and oxygen atoms in total. The fourth-order valence-electron chi connectivity index (χ4n) is 4.47. The van der Waals surface area contributed by atoms with Crippen LogP contribution in [-0.2, 0) is 39.7 Å². The first-order valence-electron chi connectivity index (χ1n) is 13.0. The molecule has 0 aliphatic heterocycles. The third-order valence-electron chi connectivity index (χ3n) is 6.65. The minimum absolute atomic E-state index is 0.0769. The Hall–Kier alpha value is -3.12. The molecule has 0 aliphatic carbocycles. The molecular weight excluding hydrogens is 558 g/mol. The second-order valence-corrected chi connectivity index (χ2v) is 9.30. The summed E-state index contributed by atoms with van der Waals surface area (Å²) >= 11 is 0. The number of carbonyl (C=O) groups excluding carboxylic acids is 2. The molecule has 0 bridgehead atoms. The number of hydrogen-bond acceptors (Lipinski definition) is 6. The molecule has 2 aromatic rings. The molecule has 2 unspecified atom stereocenters. The highest BCUT2D eigenvalue weighted by Crippen LogP contribution is 2.44. The molecular formula is C29H34F6O6. The van der Waals surface area contributed by atoms with Crippen LogP contribution in [0.5, 0.6) is 0 Å². The van der Waals surface area contributed by atoms with Crippen molar-refractivity contribution < 1.29 is 54.9 Å². The average Bonchev–Trinajstić information content (AvgIpc) is 2.92. The molecule has 0 heterocycles. The van der Waals surface area contributed by atoms with Crippen molar-refractivity contribution in [2.75, 3.05) is 20.8 Å². The van der Waals surface area contributed by atoms with E-state index < -0.39 is 59.3 Å². The largest absolute Gasteiger partial charge is 0.463 e. The van der Waals surface area contributed by atoms with E-state index in [1.165, 1.54) is 36.4 Å². The van der Waals surface area contributed by atoms with Crippen molar-refractivity contribution in [3.05, 3.63) is 71.8 Å². The number of alkyl halides is 6. The Morgan fingerprint density at radius 1 is 0.683 bits per heavy atom. The van der Waals surface area contributed by atoms with Crippen LogP contribution in [-0.4, -0.2) is 51.2 Å². The molecule has 0 fully saturated rings. The molecule has 3 atom stereocenters. The minimum Gasteiger partial charge on any atom is -0.463 e. The van der Waals surface area contributed by atoms with Crippen LogP contribution in [0.2, 0.25) is 0 Å². The summed E-state index contributed by atoms with van der Waals surface area (Å²) < 4.78 is 105. The fraction of sp³-hybridized carbons (Fsp3) is 0.517. The summed E-state index contributed by atoms with van der Waals surface area (Å²) in [5.41, 5.74) is -7.70. The maximum absolute atomic E-state index is 14.3. The highest BCUT2D eigenvalue weighted by Gasteiger charge is 2.65. The third-order valence-corrected chi connectivity index (χ3v) is 6.65. The molecule has 0 aromatic heterocycles. The smallest absolute Gasteiger partial charge is 0.432 e. The molecule has 228 valence electrons. The number of rotatable bonds is 15. The SMILES string of the molecule is CCCCC[C@@H](CCCOC(=O)C(OC)(c1ccccc1)C(F)(F)F)OC(=O)C(OC)(c1ccccc1)C(F)(F)F. The van der Waals surface area contributed by atoms with Gasteiger partial charge in [-0.25, -0.2) is 9.59 Å². The van der Waals surface area contributed by atoms with Gasteiger partial charge in [0, 0.05) is 25.3 Å². The van der Waals surface area contributed by atoms with Gasteiger partial charge in [-0.3, -0.25) is 0 Å². The summed E-state index contributed by atoms with van der Waals surface area (Å²) in [5, 5.41) is 0. The quantitative estimate of drug-likeness (QED) is 0.126. The second-order valence-electron chi connectivity index (χ2n) is 9.30. The lowest BCUT2D eigenvalue weighted by Crippen LogP contribution is -2.52. The molecule has 12 heteroatoms. The van der Waals surface area contributed by atoms with E-state index in [2.05, 4.69) is 4.74 Å². The Balaban J connectivity index is 2.19. The van der Waals surface area contributed by atoms with E-state index in [1.54, 1.807) is 0 Å². The number of esters is 2. The van der Waals surface area contributed by atoms with Crippen molar-refractivity contribution in [2.45, 2.75) is 75.1 Å². The van der Waals surface area contributed by atoms with Gasteiger partial charge in [-0.05, 0) is 25.7 Å². The molecule has 0 aliphatic rings. The van der Waals surface area contributed by atoms with Gasteiger partial charge in [0.05, 0.1) is 6.61 Å². The van der Waals surface area contributed by atoms with Crippen LogP contribution in [0.3, 0.4) is 0 Å². The Morgan fingerprint density at radius 2 is 1.12 bits per heavy atom. The second kappa shape index (κ2) is 14.7. The Labute approximate surface area is 234 Å². The minimum atomic E-state index is -5.16. The van der Waals surface area contributed by atoms with Crippen molar-refractivity contribution in [3.63, 3.8) is 0 Å². The van der Waals surface area contributed by atoms with Gasteiger partial charge in [-0.2, -0.15) is 26.3 Å². The summed E-state index contributed by atoms with van der Waals surface area (Å²) in [7, 11) is 1.49. The Bertz CT molecular complexity index is 1090. The van der Waals surface area contributed by atoms with Gasteiger partial charge in [-0.15, -0.1) is 0 Å². The Kier molecular flexibility index (Phi) is 12.2. The maximum atomic E-state index is 14.3. The van der Waals surface area contributed by atoms with E-state index in [1.807, 2.05) is 6.92 Å².